The SMILES string of the molecule is Cc1cc2c3c(c1)N1c4ccccc4C(C)(C)c4cccc(c41)B3n1c3sc4ccccc4c3c3cccc-2c31. The van der Waals surface area contributed by atoms with Crippen LogP contribution < -0.4 is 15.8 Å². The van der Waals surface area contributed by atoms with Crippen LogP contribution in [0, 0.1) is 6.92 Å². The number of thiophene rings is 1. The van der Waals surface area contributed by atoms with Crippen LogP contribution >= 0.6 is 11.3 Å². The molecule has 2 aromatic heterocycles. The Bertz CT molecular complexity index is 2280. The number of aromatic nitrogens is 1. The van der Waals surface area contributed by atoms with E-state index in [4.69, 9.17) is 0 Å². The van der Waals surface area contributed by atoms with Crippen molar-refractivity contribution in [2.75, 3.05) is 4.90 Å². The highest BCUT2D eigenvalue weighted by Gasteiger charge is 2.47. The van der Waals surface area contributed by atoms with Crippen molar-refractivity contribution in [3.05, 3.63) is 114 Å². The van der Waals surface area contributed by atoms with E-state index in [1.54, 1.807) is 0 Å². The van der Waals surface area contributed by atoms with Gasteiger partial charge in [-0.15, -0.1) is 11.3 Å². The number of anilines is 3. The maximum Gasteiger partial charge on any atom is 0.333 e. The Hall–Kier alpha value is -4.28. The molecule has 0 bridgehead atoms. The summed E-state index contributed by atoms with van der Waals surface area (Å²) in [5, 5.41) is 4.14. The molecule has 0 saturated carbocycles. The summed E-state index contributed by atoms with van der Waals surface area (Å²) in [6.07, 6.45) is 0. The summed E-state index contributed by atoms with van der Waals surface area (Å²) in [6.45, 7) is 7.17. The largest absolute Gasteiger partial charge is 0.367 e. The molecule has 3 aliphatic rings. The predicted molar refractivity (Wildman–Crippen MR) is 172 cm³/mol. The fourth-order valence-electron chi connectivity index (χ4n) is 8.18. The van der Waals surface area contributed by atoms with E-state index < -0.39 is 0 Å². The van der Waals surface area contributed by atoms with E-state index in [9.17, 15) is 0 Å². The maximum absolute atomic E-state index is 2.70. The third-order valence-electron chi connectivity index (χ3n) is 9.78. The van der Waals surface area contributed by atoms with Gasteiger partial charge >= 0.3 is 6.85 Å². The van der Waals surface area contributed by atoms with Crippen LogP contribution in [0.25, 0.3) is 42.3 Å². The van der Waals surface area contributed by atoms with Crippen LogP contribution in [0.4, 0.5) is 17.1 Å². The quantitative estimate of drug-likeness (QED) is 0.180. The second-order valence-electron chi connectivity index (χ2n) is 12.2. The lowest BCUT2D eigenvalue weighted by atomic mass is 9.44. The van der Waals surface area contributed by atoms with Crippen LogP contribution in [-0.2, 0) is 5.41 Å². The van der Waals surface area contributed by atoms with E-state index >= 15 is 0 Å². The van der Waals surface area contributed by atoms with Crippen LogP contribution in [-0.4, -0.2) is 11.3 Å². The Kier molecular flexibility index (Phi) is 3.71. The average Bonchev–Trinajstić information content (AvgIpc) is 3.50. The van der Waals surface area contributed by atoms with Gasteiger partial charge in [-0.05, 0) is 58.3 Å². The van der Waals surface area contributed by atoms with Crippen LogP contribution in [0.3, 0.4) is 0 Å². The van der Waals surface area contributed by atoms with Crippen molar-refractivity contribution in [2.24, 2.45) is 0 Å². The predicted octanol–water partition coefficient (Wildman–Crippen LogP) is 8.37. The first-order valence-electron chi connectivity index (χ1n) is 14.2. The van der Waals surface area contributed by atoms with Gasteiger partial charge in [0.2, 0.25) is 0 Å². The first kappa shape index (κ1) is 21.5. The molecule has 4 heteroatoms. The molecule has 7 aromatic rings. The molecular weight excluding hydrogens is 503 g/mol. The van der Waals surface area contributed by atoms with Gasteiger partial charge < -0.3 is 9.38 Å². The van der Waals surface area contributed by atoms with Gasteiger partial charge in [0, 0.05) is 48.7 Å². The van der Waals surface area contributed by atoms with Gasteiger partial charge in [-0.25, -0.2) is 0 Å². The first-order chi connectivity index (χ1) is 19.5. The zero-order valence-corrected chi connectivity index (χ0v) is 23.4. The summed E-state index contributed by atoms with van der Waals surface area (Å²) in [5.74, 6) is 0. The monoisotopic (exact) mass is 528 g/mol. The molecule has 5 aromatic carbocycles. The van der Waals surface area contributed by atoms with Crippen molar-refractivity contribution in [2.45, 2.75) is 26.2 Å². The first-order valence-corrected chi connectivity index (χ1v) is 15.0. The molecule has 0 spiro atoms. The zero-order chi connectivity index (χ0) is 26.5. The average molecular weight is 528 g/mol. The maximum atomic E-state index is 2.70. The Morgan fingerprint density at radius 1 is 0.725 bits per heavy atom. The van der Waals surface area contributed by atoms with E-state index in [0.717, 1.165) is 0 Å². The second-order valence-corrected chi connectivity index (χ2v) is 13.2. The Balaban J connectivity index is 1.44. The molecule has 0 saturated heterocycles. The van der Waals surface area contributed by atoms with Crippen molar-refractivity contribution in [1.82, 2.24) is 4.48 Å². The lowest BCUT2D eigenvalue weighted by Gasteiger charge is -2.48. The summed E-state index contributed by atoms with van der Waals surface area (Å²) >= 11 is 1.95. The second kappa shape index (κ2) is 6.89. The van der Waals surface area contributed by atoms with Gasteiger partial charge in [0.05, 0.1) is 10.5 Å². The Labute approximate surface area is 237 Å². The third-order valence-corrected chi connectivity index (χ3v) is 11.0. The van der Waals surface area contributed by atoms with Crippen LogP contribution in [0.5, 0.6) is 0 Å². The molecule has 5 heterocycles. The van der Waals surface area contributed by atoms with E-state index in [1.807, 2.05) is 11.3 Å². The molecule has 0 radical (unpaired) electrons. The standard InChI is InChI=1S/C36H25BN2S/c1-20-18-24-21-11-8-12-23-31-22-10-4-7-17-30(22)40-35(31)39(33(21)23)37-27-15-9-14-26-34(27)38(29(19-20)32(24)37)28-16-6-5-13-25(28)36(26,2)3/h4-19H,1-3H3. The molecular formula is C36H25BN2S. The molecule has 2 nitrogen and oxygen atoms in total. The fraction of sp³-hybridized carbons (Fsp3) is 0.111. The van der Waals surface area contributed by atoms with E-state index in [2.05, 4.69) is 127 Å². The minimum Gasteiger partial charge on any atom is -0.367 e. The highest BCUT2D eigenvalue weighted by molar-refractivity contribution is 7.26. The zero-order valence-electron chi connectivity index (χ0n) is 22.6. The summed E-state index contributed by atoms with van der Waals surface area (Å²) in [4.78, 5) is 3.97. The Morgan fingerprint density at radius 2 is 1.50 bits per heavy atom. The van der Waals surface area contributed by atoms with Crippen molar-refractivity contribution < 1.29 is 0 Å². The molecule has 0 fully saturated rings. The number of hydrogen-bond donors (Lipinski definition) is 0. The molecule has 0 N–H and O–H groups in total. The summed E-state index contributed by atoms with van der Waals surface area (Å²) in [7, 11) is 0. The topological polar surface area (TPSA) is 8.17 Å². The minimum atomic E-state index is -0.0892. The number of benzene rings is 5. The van der Waals surface area contributed by atoms with E-state index in [1.165, 1.54) is 87.0 Å². The highest BCUT2D eigenvalue weighted by Crippen LogP contribution is 2.54. The van der Waals surface area contributed by atoms with E-state index in [0.29, 0.717) is 0 Å². The third kappa shape index (κ3) is 2.28. The number of para-hydroxylation sites is 3. The molecule has 188 valence electrons. The van der Waals surface area contributed by atoms with E-state index in [-0.39, 0.29) is 12.3 Å². The van der Waals surface area contributed by atoms with Gasteiger partial charge in [0.1, 0.15) is 0 Å². The van der Waals surface area contributed by atoms with Crippen molar-refractivity contribution in [3.63, 3.8) is 0 Å². The molecule has 0 aliphatic carbocycles. The van der Waals surface area contributed by atoms with Gasteiger partial charge in [-0.3, -0.25) is 0 Å². The Morgan fingerprint density at radius 3 is 2.42 bits per heavy atom. The van der Waals surface area contributed by atoms with Gasteiger partial charge in [-0.2, -0.15) is 0 Å². The molecule has 40 heavy (non-hydrogen) atoms. The van der Waals surface area contributed by atoms with Gasteiger partial charge in [-0.1, -0.05) is 92.7 Å². The number of rotatable bonds is 0. The smallest absolute Gasteiger partial charge is 0.333 e. The molecule has 10 rings (SSSR count). The van der Waals surface area contributed by atoms with Crippen LogP contribution in [0.15, 0.2) is 97.1 Å². The lowest BCUT2D eigenvalue weighted by molar-refractivity contribution is 0.632. The molecule has 3 aliphatic heterocycles. The number of fused-ring (bicyclic) bond motifs is 11. The molecule has 0 unspecified atom stereocenters. The summed E-state index contributed by atoms with van der Waals surface area (Å²) < 4.78 is 4.06. The number of hydrogen-bond acceptors (Lipinski definition) is 2. The summed E-state index contributed by atoms with van der Waals surface area (Å²) in [5.41, 5.74) is 15.0. The van der Waals surface area contributed by atoms with Crippen LogP contribution in [0.2, 0.25) is 0 Å². The van der Waals surface area contributed by atoms with Crippen molar-refractivity contribution in [3.8, 4) is 11.1 Å². The highest BCUT2D eigenvalue weighted by atomic mass is 32.1. The van der Waals surface area contributed by atoms with Crippen molar-refractivity contribution >= 4 is 77.4 Å². The van der Waals surface area contributed by atoms with Gasteiger partial charge in [0.15, 0.2) is 0 Å². The number of nitrogens with zero attached hydrogens (tertiary/aromatic N) is 2. The number of aryl methyl sites for hydroxylation is 1. The normalized spacial score (nSPS) is 15.5. The van der Waals surface area contributed by atoms with Crippen LogP contribution in [0.1, 0.15) is 30.5 Å². The minimum absolute atomic E-state index is 0.0892. The van der Waals surface area contributed by atoms with Gasteiger partial charge in [0.25, 0.3) is 0 Å². The summed E-state index contributed by atoms with van der Waals surface area (Å²) in [6, 6.07) is 36.8. The molecule has 0 atom stereocenters. The van der Waals surface area contributed by atoms with Crippen molar-refractivity contribution in [1.29, 1.82) is 0 Å². The fourth-order valence-corrected chi connectivity index (χ4v) is 9.43. The lowest BCUT2D eigenvalue weighted by Crippen LogP contribution is -2.58. The molecule has 0 amide bonds.